The summed E-state index contributed by atoms with van der Waals surface area (Å²) in [5.74, 6) is 0.282. The predicted molar refractivity (Wildman–Crippen MR) is 74.8 cm³/mol. The number of nitrogens with one attached hydrogen (secondary N) is 1. The molecule has 9 heteroatoms. The molecule has 2 heterocycles. The van der Waals surface area contributed by atoms with E-state index in [-0.39, 0.29) is 12.6 Å². The Balaban J connectivity index is 0.000000612. The molecule has 110 valence electrons. The minimum atomic E-state index is -0.614. The molecule has 0 fully saturated rings. The lowest BCUT2D eigenvalue weighted by molar-refractivity contribution is -0.526. The van der Waals surface area contributed by atoms with Gasteiger partial charge in [-0.2, -0.15) is 0 Å². The van der Waals surface area contributed by atoms with Crippen LogP contribution in [0.25, 0.3) is 0 Å². The summed E-state index contributed by atoms with van der Waals surface area (Å²) in [6.45, 7) is 3.65. The van der Waals surface area contributed by atoms with Gasteiger partial charge >= 0.3 is 0 Å². The number of aliphatic imine (C=N–C) groups is 1. The van der Waals surface area contributed by atoms with Crippen LogP contribution >= 0.6 is 11.6 Å². The van der Waals surface area contributed by atoms with Gasteiger partial charge in [0, 0.05) is 25.9 Å². The molecule has 20 heavy (non-hydrogen) atoms. The van der Waals surface area contributed by atoms with Gasteiger partial charge in [0.15, 0.2) is 5.03 Å². The van der Waals surface area contributed by atoms with Crippen molar-refractivity contribution in [2.75, 3.05) is 19.7 Å². The summed E-state index contributed by atoms with van der Waals surface area (Å²) >= 11 is 5.68. The summed E-state index contributed by atoms with van der Waals surface area (Å²) in [6, 6.07) is 3.52. The van der Waals surface area contributed by atoms with E-state index in [1.165, 1.54) is 0 Å². The zero-order valence-electron chi connectivity index (χ0n) is 11.0. The molecule has 1 aromatic rings. The quantitative estimate of drug-likeness (QED) is 0.483. The lowest BCUT2D eigenvalue weighted by Gasteiger charge is -2.17. The zero-order chi connectivity index (χ0) is 15.0. The second-order valence-corrected chi connectivity index (χ2v) is 4.19. The Morgan fingerprint density at radius 2 is 2.30 bits per heavy atom. The first-order valence-corrected chi connectivity index (χ1v) is 6.36. The monoisotopic (exact) mass is 301 g/mol. The third-order valence-electron chi connectivity index (χ3n) is 2.28. The van der Waals surface area contributed by atoms with Crippen LogP contribution in [0.1, 0.15) is 12.5 Å². The van der Waals surface area contributed by atoms with Crippen LogP contribution in [0.2, 0.25) is 5.15 Å². The van der Waals surface area contributed by atoms with Crippen molar-refractivity contribution < 1.29 is 10.1 Å². The number of rotatable bonds is 3. The Kier molecular flexibility index (Phi) is 6.68. The van der Waals surface area contributed by atoms with Crippen LogP contribution in [0.5, 0.6) is 0 Å². The first-order chi connectivity index (χ1) is 9.56. The number of halogens is 1. The number of nitro groups is 1. The molecule has 2 rings (SSSR count). The molecule has 0 radical (unpaired) electrons. The van der Waals surface area contributed by atoms with Gasteiger partial charge in [0.05, 0.1) is 6.54 Å². The van der Waals surface area contributed by atoms with E-state index in [1.807, 2.05) is 6.07 Å². The number of nitrogens with zero attached hydrogens (tertiary/aromatic N) is 4. The van der Waals surface area contributed by atoms with Crippen LogP contribution in [0.15, 0.2) is 23.3 Å². The Labute approximate surface area is 121 Å². The third kappa shape index (κ3) is 5.37. The molecule has 0 aliphatic carbocycles. The van der Waals surface area contributed by atoms with Gasteiger partial charge in [-0.1, -0.05) is 23.1 Å². The summed E-state index contributed by atoms with van der Waals surface area (Å²) in [4.78, 5) is 20.1. The maximum Gasteiger partial charge on any atom is 0.257 e. The van der Waals surface area contributed by atoms with Crippen LogP contribution in [0.3, 0.4) is 0 Å². The fourth-order valence-electron chi connectivity index (χ4n) is 1.54. The standard InChI is InChI=1S/C9H10ClN5O2.C2H6O/c10-8-2-1-7(5-12-8)6-14-4-3-11-9(14)13-15(16)17;1-2-3/h1-2,5H,3-4,6H2,(H,11,13);3H,2H2,1H3. The number of aliphatic hydroxyl groups is 1. The van der Waals surface area contributed by atoms with Crippen molar-refractivity contribution in [2.24, 2.45) is 4.99 Å². The highest BCUT2D eigenvalue weighted by Gasteiger charge is 2.20. The molecule has 0 bridgehead atoms. The maximum absolute atomic E-state index is 10.4. The molecule has 0 spiro atoms. The van der Waals surface area contributed by atoms with Crippen LogP contribution in [-0.4, -0.2) is 45.7 Å². The van der Waals surface area contributed by atoms with Gasteiger partial charge in [-0.05, 0) is 18.6 Å². The number of aliphatic hydroxyl groups excluding tert-OH is 1. The average molecular weight is 302 g/mol. The first kappa shape index (κ1) is 16.1. The highest BCUT2D eigenvalue weighted by molar-refractivity contribution is 6.29. The van der Waals surface area contributed by atoms with Crippen molar-refractivity contribution in [1.29, 1.82) is 0 Å². The van der Waals surface area contributed by atoms with E-state index in [2.05, 4.69) is 15.4 Å². The Morgan fingerprint density at radius 1 is 1.60 bits per heavy atom. The van der Waals surface area contributed by atoms with Crippen LogP contribution in [0.4, 0.5) is 0 Å². The Hall–Kier alpha value is -1.93. The molecule has 2 N–H and O–H groups in total. The number of guanidine groups is 1. The fourth-order valence-corrected chi connectivity index (χ4v) is 1.66. The van der Waals surface area contributed by atoms with E-state index in [9.17, 15) is 10.1 Å². The lowest BCUT2D eigenvalue weighted by atomic mass is 10.3. The number of hydrogen-bond donors (Lipinski definition) is 2. The largest absolute Gasteiger partial charge is 0.397 e. The fraction of sp³-hybridized carbons (Fsp3) is 0.455. The van der Waals surface area contributed by atoms with E-state index in [1.54, 1.807) is 24.1 Å². The summed E-state index contributed by atoms with van der Waals surface area (Å²) in [6.07, 6.45) is 1.64. The van der Waals surface area contributed by atoms with Gasteiger partial charge in [0.25, 0.3) is 5.96 Å². The Morgan fingerprint density at radius 3 is 2.85 bits per heavy atom. The molecule has 0 saturated carbocycles. The van der Waals surface area contributed by atoms with Crippen molar-refractivity contribution in [3.8, 4) is 0 Å². The van der Waals surface area contributed by atoms with E-state index >= 15 is 0 Å². The van der Waals surface area contributed by atoms with Crippen molar-refractivity contribution in [2.45, 2.75) is 13.5 Å². The number of hydrazine groups is 1. The topological polar surface area (TPSA) is 104 Å². The smallest absolute Gasteiger partial charge is 0.257 e. The molecule has 0 aromatic carbocycles. The molecule has 8 nitrogen and oxygen atoms in total. The number of pyridine rings is 1. The van der Waals surface area contributed by atoms with Crippen LogP contribution in [0, 0.1) is 10.1 Å². The van der Waals surface area contributed by atoms with Gasteiger partial charge in [-0.25, -0.2) is 20.1 Å². The minimum absolute atomic E-state index is 0.250. The number of aromatic nitrogens is 1. The van der Waals surface area contributed by atoms with Crippen molar-refractivity contribution in [3.63, 3.8) is 0 Å². The minimum Gasteiger partial charge on any atom is -0.397 e. The molecule has 0 amide bonds. The van der Waals surface area contributed by atoms with Gasteiger partial charge in [0.2, 0.25) is 0 Å². The van der Waals surface area contributed by atoms with E-state index < -0.39 is 5.03 Å². The molecular formula is C11H16ClN5O3. The van der Waals surface area contributed by atoms with Crippen molar-refractivity contribution in [1.82, 2.24) is 15.3 Å². The summed E-state index contributed by atoms with van der Waals surface area (Å²) in [5.41, 5.74) is 3.00. The van der Waals surface area contributed by atoms with Crippen molar-refractivity contribution >= 4 is 17.6 Å². The van der Waals surface area contributed by atoms with E-state index in [4.69, 9.17) is 16.7 Å². The average Bonchev–Trinajstić information content (AvgIpc) is 2.80. The molecule has 1 aliphatic heterocycles. The molecule has 1 aromatic heterocycles. The normalized spacial score (nSPS) is 13.3. The second kappa shape index (κ2) is 8.28. The molecular weight excluding hydrogens is 286 g/mol. The number of hydrogen-bond acceptors (Lipinski definition) is 6. The highest BCUT2D eigenvalue weighted by atomic mass is 35.5. The lowest BCUT2D eigenvalue weighted by Crippen LogP contribution is -2.40. The van der Waals surface area contributed by atoms with Gasteiger partial charge in [0.1, 0.15) is 5.15 Å². The summed E-state index contributed by atoms with van der Waals surface area (Å²) in [7, 11) is 0. The second-order valence-electron chi connectivity index (χ2n) is 3.80. The molecule has 0 unspecified atom stereocenters. The van der Waals surface area contributed by atoms with Gasteiger partial charge < -0.3 is 10.0 Å². The zero-order valence-corrected chi connectivity index (χ0v) is 11.7. The Bertz CT molecular complexity index is 466. The third-order valence-corrected chi connectivity index (χ3v) is 2.51. The van der Waals surface area contributed by atoms with E-state index in [0.29, 0.717) is 24.8 Å². The molecule has 0 atom stereocenters. The SMILES string of the molecule is CCO.O=[N+]([O-])NC1=NCCN1Cc1ccc(Cl)nc1. The van der Waals surface area contributed by atoms with E-state index in [0.717, 1.165) is 5.56 Å². The molecule has 1 aliphatic rings. The summed E-state index contributed by atoms with van der Waals surface area (Å²) in [5, 5.41) is 17.7. The summed E-state index contributed by atoms with van der Waals surface area (Å²) < 4.78 is 0. The predicted octanol–water partition coefficient (Wildman–Crippen LogP) is 0.686. The molecule has 0 saturated heterocycles. The van der Waals surface area contributed by atoms with Gasteiger partial charge in [-0.3, -0.25) is 0 Å². The van der Waals surface area contributed by atoms with Crippen molar-refractivity contribution in [3.05, 3.63) is 39.2 Å². The van der Waals surface area contributed by atoms with Gasteiger partial charge in [-0.15, -0.1) is 0 Å². The highest BCUT2D eigenvalue weighted by Crippen LogP contribution is 2.10. The van der Waals surface area contributed by atoms with Crippen LogP contribution in [-0.2, 0) is 6.54 Å². The maximum atomic E-state index is 10.4. The first-order valence-electron chi connectivity index (χ1n) is 5.98. The van der Waals surface area contributed by atoms with Crippen LogP contribution < -0.4 is 5.43 Å².